The molecule has 1 aliphatic carbocycles. The molecule has 1 heterocycles. The Morgan fingerprint density at radius 1 is 1.62 bits per heavy atom. The first-order chi connectivity index (χ1) is 7.72. The van der Waals surface area contributed by atoms with Gasteiger partial charge in [0.25, 0.3) is 0 Å². The summed E-state index contributed by atoms with van der Waals surface area (Å²) in [6.45, 7) is 0.731. The van der Waals surface area contributed by atoms with Gasteiger partial charge in [0.15, 0.2) is 0 Å². The Hall–Kier alpha value is -0.790. The molecule has 1 fully saturated rings. The third kappa shape index (κ3) is 2.66. The number of nitrogens with zero attached hydrogens (tertiary/aromatic N) is 3. The van der Waals surface area contributed by atoms with E-state index in [0.29, 0.717) is 17.5 Å². The molecule has 0 spiro atoms. The molecule has 0 saturated heterocycles. The average molecular weight is 301 g/mol. The summed E-state index contributed by atoms with van der Waals surface area (Å²) in [4.78, 5) is 6.51. The highest BCUT2D eigenvalue weighted by Gasteiger charge is 2.30. The molecule has 1 aliphatic rings. The fourth-order valence-electron chi connectivity index (χ4n) is 1.64. The molecule has 0 aromatic carbocycles. The van der Waals surface area contributed by atoms with Gasteiger partial charge in [-0.1, -0.05) is 11.6 Å². The van der Waals surface area contributed by atoms with E-state index in [4.69, 9.17) is 16.9 Å². The molecule has 2 rings (SSSR count). The second-order valence-corrected chi connectivity index (χ2v) is 5.08. The van der Waals surface area contributed by atoms with E-state index in [-0.39, 0.29) is 0 Å². The number of anilines is 1. The molecule has 0 aliphatic heterocycles. The molecule has 16 heavy (non-hydrogen) atoms. The van der Waals surface area contributed by atoms with Crippen LogP contribution in [0.4, 0.5) is 5.82 Å². The van der Waals surface area contributed by atoms with E-state index in [1.165, 1.54) is 12.8 Å². The van der Waals surface area contributed by atoms with Gasteiger partial charge in [-0.2, -0.15) is 5.26 Å². The van der Waals surface area contributed by atoms with Gasteiger partial charge in [-0.3, -0.25) is 0 Å². The monoisotopic (exact) mass is 299 g/mol. The third-order valence-electron chi connectivity index (χ3n) is 2.51. The van der Waals surface area contributed by atoms with Crippen molar-refractivity contribution in [3.63, 3.8) is 0 Å². The normalized spacial score (nSPS) is 14.6. The number of hydrogen-bond acceptors (Lipinski definition) is 3. The van der Waals surface area contributed by atoms with Crippen LogP contribution >= 0.6 is 27.5 Å². The van der Waals surface area contributed by atoms with Crippen molar-refractivity contribution in [3.05, 3.63) is 21.8 Å². The fourth-order valence-corrected chi connectivity index (χ4v) is 2.50. The summed E-state index contributed by atoms with van der Waals surface area (Å²) >= 11 is 9.32. The van der Waals surface area contributed by atoms with Crippen molar-refractivity contribution in [1.29, 1.82) is 5.26 Å². The van der Waals surface area contributed by atoms with Crippen molar-refractivity contribution < 1.29 is 0 Å². The predicted molar refractivity (Wildman–Crippen MR) is 67.5 cm³/mol. The smallest absolute Gasteiger partial charge is 0.143 e. The maximum Gasteiger partial charge on any atom is 0.143 e. The minimum absolute atomic E-state index is 0.521. The minimum atomic E-state index is 0.521. The second-order valence-electron chi connectivity index (χ2n) is 3.79. The standard InChI is InChI=1S/C11H11BrClN3/c12-10-6-8(13)7-15-11(10)16(5-1-4-14)9-2-3-9/h6-7,9H,1-3,5H2. The Bertz CT molecular complexity index is 426. The van der Waals surface area contributed by atoms with E-state index in [1.54, 1.807) is 6.20 Å². The summed E-state index contributed by atoms with van der Waals surface area (Å²) in [5.74, 6) is 0.891. The summed E-state index contributed by atoms with van der Waals surface area (Å²) in [6.07, 6.45) is 4.53. The number of rotatable bonds is 4. The maximum atomic E-state index is 8.65. The minimum Gasteiger partial charge on any atom is -0.352 e. The van der Waals surface area contributed by atoms with Crippen LogP contribution in [0.15, 0.2) is 16.7 Å². The first kappa shape index (κ1) is 11.7. The molecule has 84 valence electrons. The number of aromatic nitrogens is 1. The van der Waals surface area contributed by atoms with Gasteiger partial charge in [0, 0.05) is 18.8 Å². The van der Waals surface area contributed by atoms with Crippen LogP contribution in [0, 0.1) is 11.3 Å². The lowest BCUT2D eigenvalue weighted by Gasteiger charge is -2.23. The number of halogens is 2. The van der Waals surface area contributed by atoms with Crippen molar-refractivity contribution in [2.75, 3.05) is 11.4 Å². The molecular formula is C11H11BrClN3. The zero-order valence-electron chi connectivity index (χ0n) is 8.66. The van der Waals surface area contributed by atoms with Crippen LogP contribution < -0.4 is 4.90 Å². The van der Waals surface area contributed by atoms with Crippen LogP contribution in [-0.2, 0) is 0 Å². The van der Waals surface area contributed by atoms with E-state index in [9.17, 15) is 0 Å². The van der Waals surface area contributed by atoms with Crippen LogP contribution in [0.2, 0.25) is 5.02 Å². The highest BCUT2D eigenvalue weighted by atomic mass is 79.9. The van der Waals surface area contributed by atoms with Crippen LogP contribution in [0.25, 0.3) is 0 Å². The average Bonchev–Trinajstić information content (AvgIpc) is 3.05. The van der Waals surface area contributed by atoms with Gasteiger partial charge in [0.2, 0.25) is 0 Å². The molecule has 0 amide bonds. The topological polar surface area (TPSA) is 39.9 Å². The third-order valence-corrected chi connectivity index (χ3v) is 3.30. The Balaban J connectivity index is 2.21. The first-order valence-corrected chi connectivity index (χ1v) is 6.34. The van der Waals surface area contributed by atoms with Crippen LogP contribution in [-0.4, -0.2) is 17.6 Å². The van der Waals surface area contributed by atoms with Gasteiger partial charge in [0.05, 0.1) is 22.0 Å². The van der Waals surface area contributed by atoms with Gasteiger partial charge < -0.3 is 4.90 Å². The number of pyridine rings is 1. The molecule has 5 heteroatoms. The van der Waals surface area contributed by atoms with Crippen molar-refractivity contribution in [3.8, 4) is 6.07 Å². The summed E-state index contributed by atoms with van der Waals surface area (Å²) < 4.78 is 0.893. The summed E-state index contributed by atoms with van der Waals surface area (Å²) in [5, 5.41) is 9.27. The Morgan fingerprint density at radius 3 is 2.94 bits per heavy atom. The summed E-state index contributed by atoms with van der Waals surface area (Å²) in [5.41, 5.74) is 0. The van der Waals surface area contributed by atoms with E-state index in [2.05, 4.69) is 31.9 Å². The molecule has 0 unspecified atom stereocenters. The molecule has 1 saturated carbocycles. The largest absolute Gasteiger partial charge is 0.352 e. The SMILES string of the molecule is N#CCCN(c1ncc(Cl)cc1Br)C1CC1. The van der Waals surface area contributed by atoms with E-state index in [1.807, 2.05) is 6.07 Å². The summed E-state index contributed by atoms with van der Waals surface area (Å²) in [7, 11) is 0. The molecule has 1 aromatic rings. The van der Waals surface area contributed by atoms with Crippen molar-refractivity contribution in [2.24, 2.45) is 0 Å². The highest BCUT2D eigenvalue weighted by Crippen LogP contribution is 2.35. The van der Waals surface area contributed by atoms with Crippen molar-refractivity contribution in [1.82, 2.24) is 4.98 Å². The zero-order chi connectivity index (χ0) is 11.5. The van der Waals surface area contributed by atoms with Crippen molar-refractivity contribution in [2.45, 2.75) is 25.3 Å². The lowest BCUT2D eigenvalue weighted by Crippen LogP contribution is -2.27. The first-order valence-electron chi connectivity index (χ1n) is 5.17. The van der Waals surface area contributed by atoms with Gasteiger partial charge in [-0.05, 0) is 34.8 Å². The van der Waals surface area contributed by atoms with Gasteiger partial charge in [-0.25, -0.2) is 4.98 Å². The van der Waals surface area contributed by atoms with Gasteiger partial charge >= 0.3 is 0 Å². The fraction of sp³-hybridized carbons (Fsp3) is 0.455. The molecular weight excluding hydrogens is 289 g/mol. The summed E-state index contributed by atoms with van der Waals surface area (Å²) in [6, 6.07) is 4.55. The van der Waals surface area contributed by atoms with Crippen molar-refractivity contribution >= 4 is 33.3 Å². The lowest BCUT2D eigenvalue weighted by atomic mass is 10.3. The van der Waals surface area contributed by atoms with E-state index < -0.39 is 0 Å². The molecule has 0 radical (unpaired) electrons. The molecule has 0 N–H and O–H groups in total. The highest BCUT2D eigenvalue weighted by molar-refractivity contribution is 9.10. The van der Waals surface area contributed by atoms with E-state index in [0.717, 1.165) is 16.8 Å². The quantitative estimate of drug-likeness (QED) is 0.856. The Morgan fingerprint density at radius 2 is 2.38 bits per heavy atom. The maximum absolute atomic E-state index is 8.65. The Kier molecular flexibility index (Phi) is 3.67. The second kappa shape index (κ2) is 5.03. The molecule has 0 atom stereocenters. The van der Waals surface area contributed by atoms with Crippen LogP contribution in [0.1, 0.15) is 19.3 Å². The zero-order valence-corrected chi connectivity index (χ0v) is 11.0. The van der Waals surface area contributed by atoms with Gasteiger partial charge in [0.1, 0.15) is 5.82 Å². The number of hydrogen-bond donors (Lipinski definition) is 0. The molecule has 0 bridgehead atoms. The lowest BCUT2D eigenvalue weighted by molar-refractivity contribution is 0.776. The Labute approximate surface area is 108 Å². The van der Waals surface area contributed by atoms with Crippen LogP contribution in [0.3, 0.4) is 0 Å². The van der Waals surface area contributed by atoms with E-state index >= 15 is 0 Å². The number of nitriles is 1. The molecule has 1 aromatic heterocycles. The van der Waals surface area contributed by atoms with Crippen LogP contribution in [0.5, 0.6) is 0 Å². The molecule has 3 nitrogen and oxygen atoms in total. The predicted octanol–water partition coefficient (Wildman–Crippen LogP) is 3.38. The van der Waals surface area contributed by atoms with Gasteiger partial charge in [-0.15, -0.1) is 0 Å².